The molecule has 0 aromatic rings. The van der Waals surface area contributed by atoms with Crippen molar-refractivity contribution in [2.24, 2.45) is 16.1 Å². The van der Waals surface area contributed by atoms with Crippen LogP contribution in [-0.2, 0) is 9.59 Å². The molecule has 2 atom stereocenters. The molecule has 2 unspecified atom stereocenters. The molecule has 1 heterocycles. The van der Waals surface area contributed by atoms with Gasteiger partial charge in [-0.1, -0.05) is 61.5 Å². The average molecular weight is 427 g/mol. The molecule has 0 saturated carbocycles. The predicted octanol–water partition coefficient (Wildman–Crippen LogP) is 2.02. The number of amidine groups is 1. The van der Waals surface area contributed by atoms with Gasteiger partial charge in [0.2, 0.25) is 5.12 Å². The highest BCUT2D eigenvalue weighted by Gasteiger charge is 2.32. The standard InChI is InChI=1S/C13H23N3O2S.CH3I/c1-4-5-13(2,3)12-15-6-10(16-12)11(18)19-8-9(14)7-17;1-2/h7,9-10H,4-6,8,14H2,1-3H3,(H,15,16);1H3. The van der Waals surface area contributed by atoms with Crippen molar-refractivity contribution in [1.29, 1.82) is 0 Å². The number of aliphatic imine (C=N–C) groups is 1. The number of rotatable bonds is 7. The molecule has 122 valence electrons. The van der Waals surface area contributed by atoms with Crippen LogP contribution in [0.15, 0.2) is 4.99 Å². The van der Waals surface area contributed by atoms with Crippen molar-refractivity contribution in [3.8, 4) is 0 Å². The number of carbonyl (C=O) groups is 2. The van der Waals surface area contributed by atoms with Gasteiger partial charge in [-0.2, -0.15) is 0 Å². The molecule has 5 nitrogen and oxygen atoms in total. The van der Waals surface area contributed by atoms with Crippen LogP contribution in [0.4, 0.5) is 0 Å². The molecule has 21 heavy (non-hydrogen) atoms. The molecule has 0 aromatic heterocycles. The summed E-state index contributed by atoms with van der Waals surface area (Å²) in [4.78, 5) is 28.8. The Balaban J connectivity index is 0.00000191. The number of thioether (sulfide) groups is 1. The van der Waals surface area contributed by atoms with Crippen LogP contribution in [-0.4, -0.2) is 46.5 Å². The van der Waals surface area contributed by atoms with E-state index in [4.69, 9.17) is 5.73 Å². The fraction of sp³-hybridized carbons (Fsp3) is 0.786. The van der Waals surface area contributed by atoms with E-state index in [1.807, 2.05) is 4.93 Å². The lowest BCUT2D eigenvalue weighted by Crippen LogP contribution is -2.42. The van der Waals surface area contributed by atoms with E-state index >= 15 is 0 Å². The first kappa shape index (κ1) is 20.9. The number of nitrogens with zero attached hydrogens (tertiary/aromatic N) is 1. The van der Waals surface area contributed by atoms with E-state index in [1.54, 1.807) is 0 Å². The quantitative estimate of drug-likeness (QED) is 0.369. The Hall–Kier alpha value is -0.150. The normalized spacial score (nSPS) is 19.0. The van der Waals surface area contributed by atoms with Gasteiger partial charge in [0.15, 0.2) is 0 Å². The second-order valence-electron chi connectivity index (χ2n) is 5.45. The van der Waals surface area contributed by atoms with Crippen molar-refractivity contribution in [1.82, 2.24) is 5.32 Å². The minimum Gasteiger partial charge on any atom is -0.361 e. The molecule has 0 bridgehead atoms. The van der Waals surface area contributed by atoms with E-state index in [1.165, 1.54) is 0 Å². The summed E-state index contributed by atoms with van der Waals surface area (Å²) in [5, 5.41) is 3.21. The van der Waals surface area contributed by atoms with Gasteiger partial charge in [0, 0.05) is 11.2 Å². The number of aldehydes is 1. The van der Waals surface area contributed by atoms with E-state index in [0.29, 0.717) is 18.6 Å². The number of hydrogen-bond donors (Lipinski definition) is 2. The highest BCUT2D eigenvalue weighted by Crippen LogP contribution is 2.26. The minimum absolute atomic E-state index is 0.00310. The average Bonchev–Trinajstić information content (AvgIpc) is 2.97. The van der Waals surface area contributed by atoms with Gasteiger partial charge in [-0.15, -0.1) is 0 Å². The smallest absolute Gasteiger partial charge is 0.213 e. The van der Waals surface area contributed by atoms with Crippen LogP contribution in [0.1, 0.15) is 33.6 Å². The van der Waals surface area contributed by atoms with E-state index in [-0.39, 0.29) is 16.6 Å². The Morgan fingerprint density at radius 1 is 1.62 bits per heavy atom. The molecule has 0 spiro atoms. The van der Waals surface area contributed by atoms with E-state index in [2.05, 4.69) is 53.7 Å². The number of carbonyl (C=O) groups excluding carboxylic acids is 2. The van der Waals surface area contributed by atoms with Crippen molar-refractivity contribution in [3.05, 3.63) is 0 Å². The van der Waals surface area contributed by atoms with Crippen LogP contribution in [0.5, 0.6) is 0 Å². The van der Waals surface area contributed by atoms with Crippen LogP contribution in [0.25, 0.3) is 0 Å². The minimum atomic E-state index is -0.577. The van der Waals surface area contributed by atoms with Gasteiger partial charge >= 0.3 is 0 Å². The number of halogens is 1. The Labute approximate surface area is 145 Å². The lowest BCUT2D eigenvalue weighted by Gasteiger charge is -2.25. The van der Waals surface area contributed by atoms with Crippen LogP contribution < -0.4 is 11.1 Å². The molecule has 0 fully saturated rings. The molecule has 1 aliphatic heterocycles. The summed E-state index contributed by atoms with van der Waals surface area (Å²) in [5.74, 6) is 1.24. The van der Waals surface area contributed by atoms with Crippen LogP contribution in [0, 0.1) is 5.41 Å². The third-order valence-electron chi connectivity index (χ3n) is 3.14. The van der Waals surface area contributed by atoms with E-state index < -0.39 is 6.04 Å². The summed E-state index contributed by atoms with van der Waals surface area (Å²) in [5.41, 5.74) is 5.45. The first-order chi connectivity index (χ1) is 9.90. The maximum absolute atomic E-state index is 12.0. The molecular weight excluding hydrogens is 401 g/mol. The van der Waals surface area contributed by atoms with Crippen LogP contribution in [0.3, 0.4) is 0 Å². The number of nitrogens with one attached hydrogen (secondary N) is 1. The van der Waals surface area contributed by atoms with Crippen molar-refractivity contribution in [2.75, 3.05) is 17.2 Å². The molecule has 3 N–H and O–H groups in total. The highest BCUT2D eigenvalue weighted by molar-refractivity contribution is 14.1. The van der Waals surface area contributed by atoms with Gasteiger partial charge in [0.05, 0.1) is 12.6 Å². The zero-order valence-electron chi connectivity index (χ0n) is 13.2. The monoisotopic (exact) mass is 427 g/mol. The first-order valence-corrected chi connectivity index (χ1v) is 10.1. The Bertz CT molecular complexity index is 375. The van der Waals surface area contributed by atoms with E-state index in [9.17, 15) is 9.59 Å². The van der Waals surface area contributed by atoms with Gasteiger partial charge < -0.3 is 15.8 Å². The predicted molar refractivity (Wildman–Crippen MR) is 99.4 cm³/mol. The van der Waals surface area contributed by atoms with Gasteiger partial charge in [-0.25, -0.2) is 0 Å². The first-order valence-electron chi connectivity index (χ1n) is 6.97. The van der Waals surface area contributed by atoms with Crippen molar-refractivity contribution in [3.63, 3.8) is 0 Å². The number of hydrogen-bond acceptors (Lipinski definition) is 6. The van der Waals surface area contributed by atoms with E-state index in [0.717, 1.165) is 30.4 Å². The second kappa shape index (κ2) is 10.6. The maximum Gasteiger partial charge on any atom is 0.213 e. The molecule has 0 aliphatic carbocycles. The molecule has 7 heteroatoms. The zero-order chi connectivity index (χ0) is 16.5. The molecule has 0 saturated heterocycles. The number of nitrogens with two attached hydrogens (primary N) is 1. The van der Waals surface area contributed by atoms with Crippen molar-refractivity contribution in [2.45, 2.75) is 45.7 Å². The van der Waals surface area contributed by atoms with Crippen molar-refractivity contribution < 1.29 is 9.59 Å². The highest BCUT2D eigenvalue weighted by atomic mass is 127. The summed E-state index contributed by atoms with van der Waals surface area (Å²) in [6.45, 7) is 6.87. The molecule has 1 aliphatic rings. The lowest BCUT2D eigenvalue weighted by atomic mass is 9.86. The Morgan fingerprint density at radius 3 is 2.76 bits per heavy atom. The topological polar surface area (TPSA) is 84.6 Å². The fourth-order valence-electron chi connectivity index (χ4n) is 2.04. The summed E-state index contributed by atoms with van der Waals surface area (Å²) >= 11 is 3.25. The molecule has 0 radical (unpaired) electrons. The molecule has 0 aromatic carbocycles. The van der Waals surface area contributed by atoms with Gasteiger partial charge in [-0.3, -0.25) is 9.79 Å². The zero-order valence-corrected chi connectivity index (χ0v) is 16.2. The SMILES string of the molecule is CCCC(C)(C)C1=NCC(C(=O)SCC(N)C=O)N1.CI. The van der Waals surface area contributed by atoms with Crippen LogP contribution >= 0.6 is 34.4 Å². The van der Waals surface area contributed by atoms with Crippen molar-refractivity contribution >= 4 is 51.6 Å². The van der Waals surface area contributed by atoms with Gasteiger partial charge in [0.25, 0.3) is 0 Å². The Morgan fingerprint density at radius 2 is 2.24 bits per heavy atom. The Kier molecular flexibility index (Phi) is 10.5. The van der Waals surface area contributed by atoms with Gasteiger partial charge in [0.1, 0.15) is 18.2 Å². The summed E-state index contributed by atoms with van der Waals surface area (Å²) in [6, 6.07) is -0.859. The molecule has 0 amide bonds. The van der Waals surface area contributed by atoms with Gasteiger partial charge in [-0.05, 0) is 11.4 Å². The summed E-state index contributed by atoms with van der Waals surface area (Å²) in [6.07, 6.45) is 2.77. The summed E-state index contributed by atoms with van der Waals surface area (Å²) < 4.78 is 0. The third kappa shape index (κ3) is 7.10. The molecular formula is C14H26IN3O2S. The largest absolute Gasteiger partial charge is 0.361 e. The molecule has 1 rings (SSSR count). The summed E-state index contributed by atoms with van der Waals surface area (Å²) in [7, 11) is 0. The fourth-order valence-corrected chi connectivity index (χ4v) is 2.81. The van der Waals surface area contributed by atoms with Crippen LogP contribution in [0.2, 0.25) is 0 Å². The lowest BCUT2D eigenvalue weighted by molar-refractivity contribution is -0.112. The second-order valence-corrected chi connectivity index (χ2v) is 6.47. The maximum atomic E-state index is 12.0. The third-order valence-corrected chi connectivity index (χ3v) is 4.26. The number of alkyl halides is 1.